The zero-order chi connectivity index (χ0) is 16.4. The molecule has 2 heterocycles. The molecule has 2 amide bonds. The minimum atomic E-state index is -0.220. The lowest BCUT2D eigenvalue weighted by atomic mass is 10.0. The van der Waals surface area contributed by atoms with Gasteiger partial charge in [-0.1, -0.05) is 34.1 Å². The first-order valence-electron chi connectivity index (χ1n) is 6.88. The largest absolute Gasteiger partial charge is 0.326 e. The van der Waals surface area contributed by atoms with Crippen LogP contribution < -0.4 is 10.6 Å². The number of amides is 2. The first-order chi connectivity index (χ1) is 11.1. The number of hydrogen-bond donors (Lipinski definition) is 2. The summed E-state index contributed by atoms with van der Waals surface area (Å²) < 4.78 is 0.927. The molecule has 0 fully saturated rings. The van der Waals surface area contributed by atoms with E-state index in [0.29, 0.717) is 23.4 Å². The van der Waals surface area contributed by atoms with Gasteiger partial charge in [0.15, 0.2) is 0 Å². The molecule has 0 saturated carbocycles. The van der Waals surface area contributed by atoms with E-state index in [-0.39, 0.29) is 5.91 Å². The zero-order valence-electron chi connectivity index (χ0n) is 12.2. The van der Waals surface area contributed by atoms with Crippen molar-refractivity contribution in [1.29, 1.82) is 0 Å². The van der Waals surface area contributed by atoms with E-state index >= 15 is 0 Å². The molecule has 0 bridgehead atoms. The molecular weight excluding hydrogens is 376 g/mol. The van der Waals surface area contributed by atoms with Gasteiger partial charge in [0, 0.05) is 9.35 Å². The molecule has 4 nitrogen and oxygen atoms in total. The fourth-order valence-corrected chi connectivity index (χ4v) is 3.47. The van der Waals surface area contributed by atoms with E-state index < -0.39 is 0 Å². The molecule has 1 aromatic heterocycles. The van der Waals surface area contributed by atoms with Crippen LogP contribution in [-0.4, -0.2) is 12.3 Å². The predicted octanol–water partition coefficient (Wildman–Crippen LogP) is 3.53. The van der Waals surface area contributed by atoms with Crippen molar-refractivity contribution >= 4 is 50.7 Å². The molecule has 1 aromatic carbocycles. The summed E-state index contributed by atoms with van der Waals surface area (Å²) in [7, 11) is 0. The minimum absolute atomic E-state index is 0.220. The lowest BCUT2D eigenvalue weighted by Crippen LogP contribution is -2.19. The molecular formula is C17H13BrN2O2S. The maximum atomic E-state index is 12.5. The summed E-state index contributed by atoms with van der Waals surface area (Å²) in [4.78, 5) is 24.5. The van der Waals surface area contributed by atoms with E-state index in [4.69, 9.17) is 0 Å². The van der Waals surface area contributed by atoms with Crippen LogP contribution in [0.4, 0.5) is 0 Å². The number of thiophene rings is 1. The first kappa shape index (κ1) is 15.7. The number of carbonyl (C=O) groups is 2. The van der Waals surface area contributed by atoms with Gasteiger partial charge in [0.1, 0.15) is 0 Å². The second kappa shape index (κ2) is 6.52. The second-order valence-electron chi connectivity index (χ2n) is 4.95. The van der Waals surface area contributed by atoms with Gasteiger partial charge in [-0.3, -0.25) is 9.59 Å². The Balaban J connectivity index is 2.17. The molecule has 0 spiro atoms. The van der Waals surface area contributed by atoms with Crippen molar-refractivity contribution in [1.82, 2.24) is 10.6 Å². The molecule has 0 saturated heterocycles. The molecule has 6 heteroatoms. The number of halogens is 1. The van der Waals surface area contributed by atoms with Crippen LogP contribution in [0.1, 0.15) is 17.4 Å². The van der Waals surface area contributed by atoms with Gasteiger partial charge in [-0.2, -0.15) is 0 Å². The van der Waals surface area contributed by atoms with E-state index in [9.17, 15) is 9.59 Å². The molecule has 0 aliphatic carbocycles. The van der Waals surface area contributed by atoms with Crippen molar-refractivity contribution in [3.63, 3.8) is 0 Å². The van der Waals surface area contributed by atoms with E-state index in [1.165, 1.54) is 0 Å². The van der Waals surface area contributed by atoms with Gasteiger partial charge in [0.05, 0.1) is 17.0 Å². The normalized spacial score (nSPS) is 16.3. The van der Waals surface area contributed by atoms with Crippen LogP contribution in [0, 0.1) is 0 Å². The highest BCUT2D eigenvalue weighted by Crippen LogP contribution is 2.33. The highest BCUT2D eigenvalue weighted by molar-refractivity contribution is 9.10. The molecule has 0 unspecified atom stereocenters. The van der Waals surface area contributed by atoms with Gasteiger partial charge in [0.25, 0.3) is 5.91 Å². The molecule has 1 aliphatic heterocycles. The maximum absolute atomic E-state index is 12.5. The van der Waals surface area contributed by atoms with Crippen LogP contribution in [0.3, 0.4) is 0 Å². The van der Waals surface area contributed by atoms with Crippen LogP contribution in [-0.2, 0) is 9.59 Å². The van der Waals surface area contributed by atoms with Crippen LogP contribution in [0.5, 0.6) is 0 Å². The summed E-state index contributed by atoms with van der Waals surface area (Å²) in [6.07, 6.45) is 0.593. The maximum Gasteiger partial charge on any atom is 0.258 e. The van der Waals surface area contributed by atoms with Gasteiger partial charge in [-0.15, -0.1) is 11.3 Å². The average Bonchev–Trinajstić information content (AvgIpc) is 3.17. The van der Waals surface area contributed by atoms with Crippen molar-refractivity contribution in [3.8, 4) is 0 Å². The lowest BCUT2D eigenvalue weighted by molar-refractivity contribution is -0.114. The third kappa shape index (κ3) is 3.00. The van der Waals surface area contributed by atoms with Crippen molar-refractivity contribution in [3.05, 3.63) is 68.1 Å². The van der Waals surface area contributed by atoms with Gasteiger partial charge >= 0.3 is 0 Å². The highest BCUT2D eigenvalue weighted by Gasteiger charge is 2.30. The van der Waals surface area contributed by atoms with Crippen LogP contribution in [0.25, 0.3) is 11.1 Å². The number of benzene rings is 1. The molecule has 0 radical (unpaired) electrons. The monoisotopic (exact) mass is 388 g/mol. The summed E-state index contributed by atoms with van der Waals surface area (Å²) in [5.41, 5.74) is 3.30. The van der Waals surface area contributed by atoms with Crippen LogP contribution in [0.15, 0.2) is 57.6 Å². The molecule has 23 heavy (non-hydrogen) atoms. The topological polar surface area (TPSA) is 58.2 Å². The smallest absolute Gasteiger partial charge is 0.258 e. The van der Waals surface area contributed by atoms with E-state index in [2.05, 4.69) is 26.6 Å². The molecule has 116 valence electrons. The SMILES string of the molecule is C/C(=C1/NC(=O)C(c2ccc(Br)cc2)=C1NC=O)c1cccs1. The van der Waals surface area contributed by atoms with E-state index in [0.717, 1.165) is 20.5 Å². The van der Waals surface area contributed by atoms with E-state index in [1.54, 1.807) is 11.3 Å². The fourth-order valence-electron chi connectivity index (χ4n) is 2.47. The molecule has 2 N–H and O–H groups in total. The standard InChI is InChI=1S/C17H13BrN2O2S/c1-10(13-3-2-8-23-13)15-16(19-9-21)14(17(22)20-15)11-4-6-12(18)7-5-11/h2-9H,1H3,(H,19,21)(H,20,22)/b15-10-. The molecule has 3 rings (SSSR count). The third-order valence-corrected chi connectivity index (χ3v) is 5.09. The quantitative estimate of drug-likeness (QED) is 0.787. The Morgan fingerprint density at radius 1 is 1.26 bits per heavy atom. The van der Waals surface area contributed by atoms with Crippen LogP contribution in [0.2, 0.25) is 0 Å². The number of rotatable bonds is 4. The number of hydrogen-bond acceptors (Lipinski definition) is 3. The Kier molecular flexibility index (Phi) is 4.45. The van der Waals surface area contributed by atoms with Crippen LogP contribution >= 0.6 is 27.3 Å². The highest BCUT2D eigenvalue weighted by atomic mass is 79.9. The number of allylic oxidation sites excluding steroid dienone is 1. The van der Waals surface area contributed by atoms with Crippen molar-refractivity contribution < 1.29 is 9.59 Å². The molecule has 2 aromatic rings. The van der Waals surface area contributed by atoms with Gasteiger partial charge < -0.3 is 10.6 Å². The third-order valence-electron chi connectivity index (χ3n) is 3.57. The summed E-state index contributed by atoms with van der Waals surface area (Å²) in [6, 6.07) is 11.3. The van der Waals surface area contributed by atoms with Crippen molar-refractivity contribution in [2.45, 2.75) is 6.92 Å². The Bertz CT molecular complexity index is 821. The minimum Gasteiger partial charge on any atom is -0.326 e. The van der Waals surface area contributed by atoms with Crippen molar-refractivity contribution in [2.75, 3.05) is 0 Å². The lowest BCUT2D eigenvalue weighted by Gasteiger charge is -2.09. The van der Waals surface area contributed by atoms with Gasteiger partial charge in [0.2, 0.25) is 6.41 Å². The Labute approximate surface area is 146 Å². The Hall–Kier alpha value is -2.18. The summed E-state index contributed by atoms with van der Waals surface area (Å²) in [6.45, 7) is 1.93. The average molecular weight is 389 g/mol. The Morgan fingerprint density at radius 2 is 2.00 bits per heavy atom. The summed E-state index contributed by atoms with van der Waals surface area (Å²) >= 11 is 4.96. The first-order valence-corrected chi connectivity index (χ1v) is 8.56. The number of carbonyl (C=O) groups excluding carboxylic acids is 2. The zero-order valence-corrected chi connectivity index (χ0v) is 14.6. The van der Waals surface area contributed by atoms with Crippen molar-refractivity contribution in [2.24, 2.45) is 0 Å². The van der Waals surface area contributed by atoms with E-state index in [1.807, 2.05) is 48.7 Å². The summed E-state index contributed by atoms with van der Waals surface area (Å²) in [5.74, 6) is -0.220. The molecule has 1 aliphatic rings. The number of nitrogens with one attached hydrogen (secondary N) is 2. The Morgan fingerprint density at radius 3 is 2.61 bits per heavy atom. The summed E-state index contributed by atoms with van der Waals surface area (Å²) in [5, 5.41) is 7.54. The fraction of sp³-hybridized carbons (Fsp3) is 0.0588. The van der Waals surface area contributed by atoms with Gasteiger partial charge in [-0.05, 0) is 41.6 Å². The van der Waals surface area contributed by atoms with Gasteiger partial charge in [-0.25, -0.2) is 0 Å². The molecule has 0 atom stereocenters. The second-order valence-corrected chi connectivity index (χ2v) is 6.81. The predicted molar refractivity (Wildman–Crippen MR) is 95.3 cm³/mol.